The molecule has 0 saturated heterocycles. The highest BCUT2D eigenvalue weighted by molar-refractivity contribution is 7.05. The first kappa shape index (κ1) is 33.1. The molecule has 4 unspecified atom stereocenters. The quantitative estimate of drug-likeness (QED) is 0.160. The Labute approximate surface area is 367 Å². The van der Waals surface area contributed by atoms with Gasteiger partial charge in [0, 0.05) is 69.7 Å². The highest BCUT2D eigenvalue weighted by Gasteiger charge is 2.59. The topological polar surface area (TPSA) is 43.4 Å². The number of anilines is 4. The summed E-state index contributed by atoms with van der Waals surface area (Å²) < 4.78 is 29.2. The lowest BCUT2D eigenvalue weighted by Crippen LogP contribution is -2.67. The molecule has 0 bridgehead atoms. The van der Waals surface area contributed by atoms with Crippen molar-refractivity contribution in [1.82, 2.24) is 0 Å². The van der Waals surface area contributed by atoms with Crippen molar-refractivity contribution in [3.05, 3.63) is 126 Å². The first-order valence-corrected chi connectivity index (χ1v) is 23.6. The Bertz CT molecular complexity index is 3080. The van der Waals surface area contributed by atoms with Gasteiger partial charge in [0.1, 0.15) is 46.0 Å². The van der Waals surface area contributed by atoms with Gasteiger partial charge in [-0.15, -0.1) is 0 Å². The summed E-state index contributed by atoms with van der Waals surface area (Å²) in [7, 11) is 0. The van der Waals surface area contributed by atoms with Gasteiger partial charge in [-0.1, -0.05) is 105 Å². The van der Waals surface area contributed by atoms with Crippen LogP contribution in [0.25, 0.3) is 0 Å². The Hall–Kier alpha value is -6.47. The number of nitrogens with zero attached hydrogens (tertiary/aromatic N) is 2. The Balaban J connectivity index is 1.03. The molecule has 0 amide bonds. The maximum absolute atomic E-state index is 7.52. The van der Waals surface area contributed by atoms with E-state index in [0.29, 0.717) is 23.9 Å². The zero-order valence-corrected chi connectivity index (χ0v) is 34.7. The third-order valence-electron chi connectivity index (χ3n) is 17.1. The number of hydrogen-bond acceptors (Lipinski definition) is 6. The second-order valence-corrected chi connectivity index (χ2v) is 19.8. The molecule has 0 radical (unpaired) electrons. The van der Waals surface area contributed by atoms with Crippen molar-refractivity contribution in [3.63, 3.8) is 0 Å². The van der Waals surface area contributed by atoms with E-state index in [1.54, 1.807) is 11.1 Å². The van der Waals surface area contributed by atoms with Crippen LogP contribution in [0.2, 0.25) is 0 Å². The minimum Gasteiger partial charge on any atom is -0.459 e. The summed E-state index contributed by atoms with van der Waals surface area (Å²) in [5, 5.41) is 0. The minimum absolute atomic E-state index is 0.0172. The summed E-state index contributed by atoms with van der Waals surface area (Å²) in [5.74, 6) is 8.45. The van der Waals surface area contributed by atoms with Crippen molar-refractivity contribution in [3.8, 4) is 46.0 Å². The second kappa shape index (κ2) is 11.4. The first-order chi connectivity index (χ1) is 31.3. The van der Waals surface area contributed by atoms with Gasteiger partial charge in [0.05, 0.1) is 0 Å². The maximum atomic E-state index is 7.52. The van der Waals surface area contributed by atoms with Gasteiger partial charge in [-0.2, -0.15) is 0 Å². The van der Waals surface area contributed by atoms with Crippen molar-refractivity contribution in [2.24, 2.45) is 0 Å². The summed E-state index contributed by atoms with van der Waals surface area (Å²) in [6, 6.07) is 43.1. The zero-order chi connectivity index (χ0) is 40.4. The fourth-order valence-corrected chi connectivity index (χ4v) is 14.9. The molecule has 0 N–H and O–H groups in total. The Morgan fingerprint density at radius 2 is 0.778 bits per heavy atom. The van der Waals surface area contributed by atoms with Crippen LogP contribution in [0.15, 0.2) is 115 Å². The number of benzene rings is 7. The van der Waals surface area contributed by atoms with Crippen LogP contribution in [0.5, 0.6) is 46.0 Å². The van der Waals surface area contributed by atoms with Crippen LogP contribution in [0.1, 0.15) is 74.3 Å². The number of hydrogen-bond donors (Lipinski definition) is 0. The largest absolute Gasteiger partial charge is 0.459 e. The van der Waals surface area contributed by atoms with Crippen molar-refractivity contribution in [2.75, 3.05) is 9.80 Å². The molecule has 6 nitrogen and oxygen atoms in total. The van der Waals surface area contributed by atoms with Crippen LogP contribution < -0.4 is 77.9 Å². The summed E-state index contributed by atoms with van der Waals surface area (Å²) in [6.07, 6.45) is 9.87. The van der Waals surface area contributed by atoms with E-state index in [1.807, 2.05) is 0 Å². The number of ether oxygens (including phenoxy) is 4. The third kappa shape index (κ3) is 3.84. The minimum atomic E-state index is -0.140. The number of rotatable bonds is 0. The van der Waals surface area contributed by atoms with Gasteiger partial charge in [-0.25, -0.2) is 0 Å². The van der Waals surface area contributed by atoms with Crippen LogP contribution >= 0.6 is 0 Å². The highest BCUT2D eigenvalue weighted by atomic mass is 16.5. The summed E-state index contributed by atoms with van der Waals surface area (Å²) in [5.41, 5.74) is 19.6. The maximum Gasteiger partial charge on any atom is 0.261 e. The molecule has 298 valence electrons. The van der Waals surface area contributed by atoms with E-state index >= 15 is 0 Å². The second-order valence-electron chi connectivity index (χ2n) is 19.8. The molecule has 17 rings (SSSR count). The Morgan fingerprint density at radius 1 is 0.381 bits per heavy atom. The van der Waals surface area contributed by atoms with Crippen molar-refractivity contribution < 1.29 is 18.9 Å². The molecule has 63 heavy (non-hydrogen) atoms. The van der Waals surface area contributed by atoms with Crippen LogP contribution in [0.3, 0.4) is 0 Å². The van der Waals surface area contributed by atoms with Crippen LogP contribution in [0.4, 0.5) is 22.7 Å². The number of fused-ring (bicyclic) bond motifs is 22. The van der Waals surface area contributed by atoms with Gasteiger partial charge < -0.3 is 28.7 Å². The summed E-state index contributed by atoms with van der Waals surface area (Å²) >= 11 is 0. The Kier molecular flexibility index (Phi) is 5.98. The van der Waals surface area contributed by atoms with Crippen molar-refractivity contribution in [1.29, 1.82) is 0 Å². The molecule has 2 fully saturated rings. The predicted molar refractivity (Wildman–Crippen MR) is 254 cm³/mol. The first-order valence-electron chi connectivity index (χ1n) is 23.6. The molecule has 0 spiro atoms. The molecule has 2 aliphatic carbocycles. The zero-order valence-electron chi connectivity index (χ0n) is 34.7. The van der Waals surface area contributed by atoms with Crippen LogP contribution in [-0.2, 0) is 0 Å². The van der Waals surface area contributed by atoms with E-state index in [-0.39, 0.29) is 20.1 Å². The SMILES string of the molecule is c1ccc2c(c1)Oc1cc3c(c4c1B2c1ccccc1O4)B1c2c(cc4c5c2Oc2ccccc2B5c2ccccc2O4)N2c4c(cc5c(c41)N3C1CCCCC51)C1CCCCC12. The highest BCUT2D eigenvalue weighted by Crippen LogP contribution is 2.61. The molecule has 8 heterocycles. The van der Waals surface area contributed by atoms with E-state index < -0.39 is 0 Å². The van der Waals surface area contributed by atoms with Gasteiger partial charge in [0.2, 0.25) is 0 Å². The Morgan fingerprint density at radius 3 is 1.22 bits per heavy atom. The molecule has 7 aromatic carbocycles. The standard InChI is InChI=1S/C54H39B3N2O4/c1-7-19-36-28(13-1)30-25-31-29-14-2-8-20-37(29)59-39-27-45-49-54(63-43-24-12-6-18-35(43)56(49)33-16-4-10-22-41(33)61-45)47(39)57-46-38(58(36)51(30)50(57)52(31)59)26-44-48-53(46)62-42-23-11-5-17-34(42)55(48)32-15-3-9-21-40(32)60-44/h3-6,9-12,15-18,21-29,36-37H,1-2,7-8,13-14,19-20H2. The molecule has 0 aromatic heterocycles. The average Bonchev–Trinajstić information content (AvgIpc) is 3.85. The van der Waals surface area contributed by atoms with E-state index in [0.717, 1.165) is 56.9 Å². The molecule has 10 aliphatic rings. The lowest BCUT2D eigenvalue weighted by molar-refractivity contribution is 0.396. The van der Waals surface area contributed by atoms with Crippen LogP contribution in [0, 0.1) is 0 Å². The monoisotopic (exact) mass is 812 g/mol. The molecular formula is C54H39B3N2O4. The smallest absolute Gasteiger partial charge is 0.261 e. The fourth-order valence-electron chi connectivity index (χ4n) is 14.9. The molecule has 9 heteroatoms. The lowest BCUT2D eigenvalue weighted by atomic mass is 9.28. The van der Waals surface area contributed by atoms with Gasteiger partial charge in [-0.05, 0) is 99.3 Å². The lowest BCUT2D eigenvalue weighted by Gasteiger charge is -2.48. The van der Waals surface area contributed by atoms with E-state index in [9.17, 15) is 0 Å². The van der Waals surface area contributed by atoms with Gasteiger partial charge in [0.25, 0.3) is 20.1 Å². The third-order valence-corrected chi connectivity index (χ3v) is 17.1. The average molecular weight is 812 g/mol. The molecule has 7 aromatic rings. The summed E-state index contributed by atoms with van der Waals surface area (Å²) in [6.45, 7) is -0.175. The number of para-hydroxylation sites is 4. The van der Waals surface area contributed by atoms with Gasteiger partial charge >= 0.3 is 0 Å². The van der Waals surface area contributed by atoms with E-state index in [4.69, 9.17) is 18.9 Å². The normalized spacial score (nSPS) is 22.8. The van der Waals surface area contributed by atoms with Crippen molar-refractivity contribution in [2.45, 2.75) is 75.3 Å². The van der Waals surface area contributed by atoms with Crippen LogP contribution in [-0.4, -0.2) is 32.2 Å². The molecule has 8 aliphatic heterocycles. The van der Waals surface area contributed by atoms with Crippen molar-refractivity contribution >= 4 is 92.1 Å². The van der Waals surface area contributed by atoms with E-state index in [2.05, 4.69) is 125 Å². The molecule has 2 saturated carbocycles. The summed E-state index contributed by atoms with van der Waals surface area (Å²) in [4.78, 5) is 5.63. The predicted octanol–water partition coefficient (Wildman–Crippen LogP) is 6.64. The fraction of sp³-hybridized carbons (Fsp3) is 0.222. The van der Waals surface area contributed by atoms with E-state index in [1.165, 1.54) is 112 Å². The molecule has 4 atom stereocenters. The molecular weight excluding hydrogens is 773 g/mol. The van der Waals surface area contributed by atoms with Gasteiger partial charge in [-0.3, -0.25) is 0 Å². The van der Waals surface area contributed by atoms with Gasteiger partial charge in [0.15, 0.2) is 0 Å².